The second kappa shape index (κ2) is 3.69. The summed E-state index contributed by atoms with van der Waals surface area (Å²) in [5, 5.41) is 0. The van der Waals surface area contributed by atoms with Crippen LogP contribution in [0.4, 0.5) is 0 Å². The van der Waals surface area contributed by atoms with E-state index >= 15 is 0 Å². The number of hydrogen-bond donors (Lipinski definition) is 0. The summed E-state index contributed by atoms with van der Waals surface area (Å²) < 4.78 is 4.59. The number of thioether (sulfide) groups is 1. The Morgan fingerprint density at radius 3 is 2.93 bits per heavy atom. The maximum atomic E-state index is 11.2. The van der Waals surface area contributed by atoms with Gasteiger partial charge in [0, 0.05) is 7.05 Å². The lowest BCUT2D eigenvalue weighted by Crippen LogP contribution is -2.22. The number of nitrogens with zero attached hydrogens (tertiary/aromatic N) is 3. The van der Waals surface area contributed by atoms with Crippen LogP contribution in [0.1, 0.15) is 0 Å². The van der Waals surface area contributed by atoms with Gasteiger partial charge < -0.3 is 9.64 Å². The molecular weight excluding hydrogens is 214 g/mol. The van der Waals surface area contributed by atoms with E-state index in [9.17, 15) is 4.79 Å². The number of ether oxygens (including phenoxy) is 1. The van der Waals surface area contributed by atoms with Crippen LogP contribution < -0.4 is 0 Å². The molecule has 6 heteroatoms. The summed E-state index contributed by atoms with van der Waals surface area (Å²) in [4.78, 5) is 21.7. The lowest BCUT2D eigenvalue weighted by Gasteiger charge is -2.17. The number of carbonyl (C=O) groups is 1. The van der Waals surface area contributed by atoms with Crippen molar-refractivity contribution in [2.45, 2.75) is 5.50 Å². The summed E-state index contributed by atoms with van der Waals surface area (Å²) in [6.45, 7) is 0. The van der Waals surface area contributed by atoms with Crippen molar-refractivity contribution in [3.05, 3.63) is 11.8 Å². The molecule has 2 aliphatic rings. The van der Waals surface area contributed by atoms with Gasteiger partial charge >= 0.3 is 5.97 Å². The molecule has 0 amide bonds. The summed E-state index contributed by atoms with van der Waals surface area (Å²) in [5.74, 6) is 0.200. The van der Waals surface area contributed by atoms with Gasteiger partial charge in [0.15, 0.2) is 17.0 Å². The third kappa shape index (κ3) is 1.54. The lowest BCUT2D eigenvalue weighted by molar-refractivity contribution is -0.132. The highest BCUT2D eigenvalue weighted by Crippen LogP contribution is 2.28. The van der Waals surface area contributed by atoms with Crippen LogP contribution in [0.25, 0.3) is 0 Å². The van der Waals surface area contributed by atoms with Crippen LogP contribution in [0.3, 0.4) is 0 Å². The molecule has 15 heavy (non-hydrogen) atoms. The zero-order valence-corrected chi connectivity index (χ0v) is 9.54. The maximum Gasteiger partial charge on any atom is 0.356 e. The minimum Gasteiger partial charge on any atom is -0.464 e. The van der Waals surface area contributed by atoms with E-state index in [4.69, 9.17) is 0 Å². The van der Waals surface area contributed by atoms with Crippen LogP contribution >= 0.6 is 11.8 Å². The highest BCUT2D eigenvalue weighted by atomic mass is 32.2. The van der Waals surface area contributed by atoms with Crippen molar-refractivity contribution in [3.63, 3.8) is 0 Å². The zero-order valence-electron chi connectivity index (χ0n) is 8.72. The second-order valence-electron chi connectivity index (χ2n) is 3.14. The molecule has 2 heterocycles. The molecule has 80 valence electrons. The van der Waals surface area contributed by atoms with E-state index in [2.05, 4.69) is 14.7 Å². The van der Waals surface area contributed by atoms with Crippen LogP contribution in [0.2, 0.25) is 0 Å². The number of fused-ring (bicyclic) bond motifs is 1. The van der Waals surface area contributed by atoms with Crippen molar-refractivity contribution < 1.29 is 9.53 Å². The summed E-state index contributed by atoms with van der Waals surface area (Å²) in [6, 6.07) is 0. The monoisotopic (exact) mass is 225 g/mol. The topological polar surface area (TPSA) is 54.3 Å². The Labute approximate surface area is 91.9 Å². The predicted molar refractivity (Wildman–Crippen MR) is 60.0 cm³/mol. The summed E-state index contributed by atoms with van der Waals surface area (Å²) in [7, 11) is 3.27. The Kier molecular flexibility index (Phi) is 2.52. The van der Waals surface area contributed by atoms with Gasteiger partial charge in [-0.25, -0.2) is 14.8 Å². The third-order valence-electron chi connectivity index (χ3n) is 2.28. The zero-order chi connectivity index (χ0) is 11.0. The number of esters is 1. The van der Waals surface area contributed by atoms with Crippen molar-refractivity contribution in [1.82, 2.24) is 4.90 Å². The van der Waals surface area contributed by atoms with E-state index in [1.165, 1.54) is 7.11 Å². The lowest BCUT2D eigenvalue weighted by atomic mass is 10.3. The largest absolute Gasteiger partial charge is 0.464 e. The van der Waals surface area contributed by atoms with E-state index in [1.807, 2.05) is 18.2 Å². The van der Waals surface area contributed by atoms with Gasteiger partial charge in [0.05, 0.1) is 12.8 Å². The summed E-state index contributed by atoms with van der Waals surface area (Å²) in [5.41, 5.74) is 1.27. The first-order valence-electron chi connectivity index (χ1n) is 4.40. The van der Waals surface area contributed by atoms with Crippen LogP contribution in [-0.2, 0) is 9.53 Å². The number of methoxy groups -OCH3 is 1. The average Bonchev–Trinajstić information content (AvgIpc) is 2.77. The normalized spacial score (nSPS) is 23.3. The molecule has 0 aliphatic carbocycles. The van der Waals surface area contributed by atoms with Crippen molar-refractivity contribution in [2.75, 3.05) is 20.4 Å². The number of amidine groups is 1. The Morgan fingerprint density at radius 1 is 1.67 bits per heavy atom. The first kappa shape index (κ1) is 10.2. The molecule has 0 bridgehead atoms. The highest BCUT2D eigenvalue weighted by molar-refractivity contribution is 7.99. The Hall–Kier alpha value is -1.30. The van der Waals surface area contributed by atoms with Gasteiger partial charge in [-0.05, 0) is 12.3 Å². The first-order valence-corrected chi connectivity index (χ1v) is 5.68. The highest BCUT2D eigenvalue weighted by Gasteiger charge is 2.32. The average molecular weight is 225 g/mol. The minimum atomic E-state index is -0.422. The number of likely N-dealkylation sites (N-methyl/N-ethyl adjacent to an activating group) is 1. The van der Waals surface area contributed by atoms with Crippen LogP contribution in [-0.4, -0.2) is 48.3 Å². The van der Waals surface area contributed by atoms with Gasteiger partial charge in [0.2, 0.25) is 0 Å². The molecular formula is C9H11N3O2S. The van der Waals surface area contributed by atoms with E-state index in [0.717, 1.165) is 5.70 Å². The van der Waals surface area contributed by atoms with Gasteiger partial charge in [0.25, 0.3) is 0 Å². The maximum absolute atomic E-state index is 11.2. The molecule has 2 rings (SSSR count). The van der Waals surface area contributed by atoms with Crippen molar-refractivity contribution in [1.29, 1.82) is 0 Å². The van der Waals surface area contributed by atoms with Gasteiger partial charge in [-0.2, -0.15) is 0 Å². The summed E-state index contributed by atoms with van der Waals surface area (Å²) >= 11 is 1.62. The molecule has 0 unspecified atom stereocenters. The molecule has 0 radical (unpaired) electrons. The second-order valence-corrected chi connectivity index (χ2v) is 4.04. The number of hydrogen-bond acceptors (Lipinski definition) is 6. The molecule has 0 aromatic carbocycles. The van der Waals surface area contributed by atoms with Crippen molar-refractivity contribution in [2.24, 2.45) is 9.98 Å². The van der Waals surface area contributed by atoms with Gasteiger partial charge in [0.1, 0.15) is 0 Å². The Morgan fingerprint density at radius 2 is 2.40 bits per heavy atom. The van der Waals surface area contributed by atoms with Gasteiger partial charge in [-0.3, -0.25) is 0 Å². The predicted octanol–water partition coefficient (Wildman–Crippen LogP) is 0.488. The summed E-state index contributed by atoms with van der Waals surface area (Å²) in [6.07, 6.45) is 3.69. The molecule has 5 nitrogen and oxygen atoms in total. The quantitative estimate of drug-likeness (QED) is 0.642. The fourth-order valence-corrected chi connectivity index (χ4v) is 2.12. The van der Waals surface area contributed by atoms with Crippen LogP contribution in [0, 0.1) is 0 Å². The van der Waals surface area contributed by atoms with E-state index in [1.54, 1.807) is 17.8 Å². The van der Waals surface area contributed by atoms with Crippen molar-refractivity contribution >= 4 is 29.3 Å². The fourth-order valence-electron chi connectivity index (χ4n) is 1.48. The molecule has 0 N–H and O–H groups in total. The van der Waals surface area contributed by atoms with Gasteiger partial charge in [-0.15, -0.1) is 11.8 Å². The Balaban J connectivity index is 2.28. The fraction of sp³-hybridized carbons (Fsp3) is 0.444. The molecule has 0 saturated heterocycles. The molecule has 0 fully saturated rings. The van der Waals surface area contributed by atoms with Crippen molar-refractivity contribution in [3.8, 4) is 0 Å². The van der Waals surface area contributed by atoms with Crippen LogP contribution in [0.15, 0.2) is 21.8 Å². The molecule has 0 saturated carbocycles. The number of carbonyl (C=O) groups excluding carboxylic acids is 1. The molecule has 0 aromatic heterocycles. The molecule has 2 aliphatic heterocycles. The van der Waals surface area contributed by atoms with E-state index < -0.39 is 5.97 Å². The SMILES string of the molecule is COC(=O)C1=NC2=N[C@@H](SC)N(C)C2=C1. The number of rotatable bonds is 2. The van der Waals surface area contributed by atoms with Crippen LogP contribution in [0.5, 0.6) is 0 Å². The van der Waals surface area contributed by atoms with E-state index in [0.29, 0.717) is 11.5 Å². The smallest absolute Gasteiger partial charge is 0.356 e. The third-order valence-corrected chi connectivity index (χ3v) is 3.12. The molecule has 0 aromatic rings. The van der Waals surface area contributed by atoms with E-state index in [-0.39, 0.29) is 5.50 Å². The molecule has 1 atom stereocenters. The van der Waals surface area contributed by atoms with Gasteiger partial charge in [-0.1, -0.05) is 0 Å². The number of aliphatic imine (C=N–C) groups is 2. The first-order chi connectivity index (χ1) is 7.17. The Bertz CT molecular complexity index is 400. The molecule has 0 spiro atoms. The standard InChI is InChI=1S/C9H11N3O2S/c1-12-6-4-5(8(13)14-2)10-7(6)11-9(12)15-3/h4,9H,1-3H3/t9-/m1/s1. The minimum absolute atomic E-state index is 0.0641.